The molecule has 5 heteroatoms. The maximum absolute atomic E-state index is 5.97. The fourth-order valence-electron chi connectivity index (χ4n) is 1.99. The molecule has 1 N–H and O–H groups in total. The van der Waals surface area contributed by atoms with Gasteiger partial charge in [-0.15, -0.1) is 0 Å². The molecule has 23 heavy (non-hydrogen) atoms. The number of rotatable bonds is 10. The fourth-order valence-corrected chi connectivity index (χ4v) is 3.23. The molecule has 124 valence electrons. The Morgan fingerprint density at radius 1 is 0.783 bits per heavy atom. The zero-order chi connectivity index (χ0) is 16.3. The first kappa shape index (κ1) is 18.1. The Balaban J connectivity index is 1.90. The summed E-state index contributed by atoms with van der Waals surface area (Å²) in [6.45, 7) is 7.10. The summed E-state index contributed by atoms with van der Waals surface area (Å²) in [6, 6.07) is 20.3. The summed E-state index contributed by atoms with van der Waals surface area (Å²) in [5.74, 6) is 0. The Morgan fingerprint density at radius 2 is 1.22 bits per heavy atom. The van der Waals surface area contributed by atoms with Crippen molar-refractivity contribution in [2.75, 3.05) is 13.1 Å². The molecule has 2 aromatic carbocycles. The summed E-state index contributed by atoms with van der Waals surface area (Å²) in [5, 5.41) is 5.45. The summed E-state index contributed by atoms with van der Waals surface area (Å²) in [5.41, 5.74) is 2.29. The lowest BCUT2D eigenvalue weighted by Crippen LogP contribution is -2.34. The van der Waals surface area contributed by atoms with E-state index in [1.165, 1.54) is 0 Å². The molecule has 0 aromatic heterocycles. The van der Waals surface area contributed by atoms with E-state index in [4.69, 9.17) is 9.05 Å². The van der Waals surface area contributed by atoms with E-state index < -0.39 is 8.53 Å². The van der Waals surface area contributed by atoms with Crippen molar-refractivity contribution < 1.29 is 9.05 Å². The molecule has 0 saturated carbocycles. The molecule has 0 amide bonds. The normalized spacial score (nSPS) is 11.3. The van der Waals surface area contributed by atoms with Crippen LogP contribution in [0.5, 0.6) is 0 Å². The molecule has 0 aliphatic carbocycles. The Kier molecular flexibility index (Phi) is 8.23. The van der Waals surface area contributed by atoms with Crippen LogP contribution < -0.4 is 5.20 Å². The number of benzene rings is 2. The van der Waals surface area contributed by atoms with E-state index in [1.807, 2.05) is 36.4 Å². The lowest BCUT2D eigenvalue weighted by atomic mass is 10.2. The van der Waals surface area contributed by atoms with Crippen molar-refractivity contribution in [2.24, 2.45) is 0 Å². The van der Waals surface area contributed by atoms with Gasteiger partial charge in [0.25, 0.3) is 8.53 Å². The molecule has 4 nitrogen and oxygen atoms in total. The second-order valence-corrected chi connectivity index (χ2v) is 6.28. The molecule has 2 rings (SSSR count). The molecule has 0 aliphatic rings. The second-order valence-electron chi connectivity index (χ2n) is 5.05. The molecule has 0 fully saturated rings. The number of hydrazine groups is 1. The van der Waals surface area contributed by atoms with Crippen LogP contribution in [0.1, 0.15) is 25.0 Å². The third-order valence-corrected chi connectivity index (χ3v) is 4.54. The SMILES string of the molecule is CCN(CC)NP(OCc1ccccc1)OCc1ccccc1. The van der Waals surface area contributed by atoms with E-state index in [1.54, 1.807) is 0 Å². The Morgan fingerprint density at radius 3 is 1.61 bits per heavy atom. The van der Waals surface area contributed by atoms with E-state index >= 15 is 0 Å². The van der Waals surface area contributed by atoms with Crippen LogP contribution in [0, 0.1) is 0 Å². The first-order valence-corrected chi connectivity index (χ1v) is 9.14. The van der Waals surface area contributed by atoms with Gasteiger partial charge in [-0.05, 0) is 11.1 Å². The van der Waals surface area contributed by atoms with E-state index in [0.29, 0.717) is 13.2 Å². The van der Waals surface area contributed by atoms with Crippen LogP contribution in [0.15, 0.2) is 60.7 Å². The fraction of sp³-hybridized carbons (Fsp3) is 0.333. The van der Waals surface area contributed by atoms with Crippen molar-refractivity contribution >= 4 is 8.53 Å². The largest absolute Gasteiger partial charge is 0.316 e. The van der Waals surface area contributed by atoms with Gasteiger partial charge < -0.3 is 9.05 Å². The van der Waals surface area contributed by atoms with Gasteiger partial charge in [-0.3, -0.25) is 0 Å². The van der Waals surface area contributed by atoms with Crippen molar-refractivity contribution in [3.63, 3.8) is 0 Å². The van der Waals surface area contributed by atoms with Crippen LogP contribution in [0.3, 0.4) is 0 Å². The van der Waals surface area contributed by atoms with E-state index in [9.17, 15) is 0 Å². The van der Waals surface area contributed by atoms with Gasteiger partial charge in [-0.1, -0.05) is 74.5 Å². The first-order valence-electron chi connectivity index (χ1n) is 7.96. The third kappa shape index (κ3) is 6.78. The van der Waals surface area contributed by atoms with Crippen molar-refractivity contribution in [3.05, 3.63) is 71.8 Å². The smallest absolute Gasteiger partial charge is 0.271 e. The molecule has 0 bridgehead atoms. The average Bonchev–Trinajstić information content (AvgIpc) is 2.63. The number of hydrogen-bond donors (Lipinski definition) is 1. The van der Waals surface area contributed by atoms with Gasteiger partial charge in [0.05, 0.1) is 13.2 Å². The van der Waals surface area contributed by atoms with Gasteiger partial charge in [0.1, 0.15) is 0 Å². The molecular formula is C18H25N2O2P. The number of nitrogens with zero attached hydrogens (tertiary/aromatic N) is 1. The molecule has 0 saturated heterocycles. The Hall–Kier alpha value is -1.29. The monoisotopic (exact) mass is 332 g/mol. The topological polar surface area (TPSA) is 33.7 Å². The highest BCUT2D eigenvalue weighted by atomic mass is 31.2. The molecule has 0 aliphatic heterocycles. The Labute approximate surface area is 140 Å². The molecular weight excluding hydrogens is 307 g/mol. The minimum absolute atomic E-state index is 0.537. The first-order chi connectivity index (χ1) is 11.3. The van der Waals surface area contributed by atoms with E-state index in [2.05, 4.69) is 48.3 Å². The maximum Gasteiger partial charge on any atom is 0.271 e. The van der Waals surface area contributed by atoms with Crippen LogP contribution in [-0.4, -0.2) is 18.1 Å². The average molecular weight is 332 g/mol. The molecule has 0 radical (unpaired) electrons. The van der Waals surface area contributed by atoms with Crippen molar-refractivity contribution in [1.29, 1.82) is 0 Å². The molecule has 0 heterocycles. The standard InChI is InChI=1S/C18H25N2O2P/c1-3-20(4-2)19-23(21-15-17-11-7-5-8-12-17)22-16-18-13-9-6-10-14-18/h5-14,19H,3-4,15-16H2,1-2H3. The zero-order valence-electron chi connectivity index (χ0n) is 13.8. The van der Waals surface area contributed by atoms with Crippen molar-refractivity contribution in [1.82, 2.24) is 10.2 Å². The number of nitrogens with one attached hydrogen (secondary N) is 1. The van der Waals surface area contributed by atoms with Crippen molar-refractivity contribution in [2.45, 2.75) is 27.1 Å². The summed E-state index contributed by atoms with van der Waals surface area (Å²) >= 11 is 0. The number of hydrogen-bond acceptors (Lipinski definition) is 4. The predicted molar refractivity (Wildman–Crippen MR) is 95.4 cm³/mol. The third-order valence-electron chi connectivity index (χ3n) is 3.37. The van der Waals surface area contributed by atoms with Crippen molar-refractivity contribution in [3.8, 4) is 0 Å². The Bertz CT molecular complexity index is 492. The molecule has 2 aromatic rings. The lowest BCUT2D eigenvalue weighted by molar-refractivity contribution is 0.183. The quantitative estimate of drug-likeness (QED) is 0.513. The van der Waals surface area contributed by atoms with Gasteiger partial charge in [0.15, 0.2) is 0 Å². The van der Waals surface area contributed by atoms with Crippen LogP contribution in [0.4, 0.5) is 0 Å². The summed E-state index contributed by atoms with van der Waals surface area (Å²) in [6.07, 6.45) is 0. The predicted octanol–water partition coefficient (Wildman–Crippen LogP) is 4.49. The van der Waals surface area contributed by atoms with Gasteiger partial charge in [-0.25, -0.2) is 5.01 Å². The summed E-state index contributed by atoms with van der Waals surface area (Å²) in [7, 11) is -1.18. The van der Waals surface area contributed by atoms with Gasteiger partial charge in [0, 0.05) is 13.1 Å². The molecule has 0 atom stereocenters. The van der Waals surface area contributed by atoms with Gasteiger partial charge in [0.2, 0.25) is 0 Å². The second kappa shape index (κ2) is 10.5. The van der Waals surface area contributed by atoms with E-state index in [0.717, 1.165) is 24.2 Å². The summed E-state index contributed by atoms with van der Waals surface area (Å²) in [4.78, 5) is 0. The maximum atomic E-state index is 5.97. The highest BCUT2D eigenvalue weighted by Gasteiger charge is 2.14. The molecule has 0 spiro atoms. The lowest BCUT2D eigenvalue weighted by Gasteiger charge is -2.25. The molecule has 0 unspecified atom stereocenters. The minimum Gasteiger partial charge on any atom is -0.316 e. The minimum atomic E-state index is -1.18. The highest BCUT2D eigenvalue weighted by Crippen LogP contribution is 2.36. The highest BCUT2D eigenvalue weighted by molar-refractivity contribution is 7.44. The summed E-state index contributed by atoms with van der Waals surface area (Å²) < 4.78 is 11.9. The zero-order valence-corrected chi connectivity index (χ0v) is 14.7. The van der Waals surface area contributed by atoms with Crippen LogP contribution in [0.25, 0.3) is 0 Å². The van der Waals surface area contributed by atoms with Crippen LogP contribution in [-0.2, 0) is 22.3 Å². The van der Waals surface area contributed by atoms with Crippen LogP contribution >= 0.6 is 8.53 Å². The van der Waals surface area contributed by atoms with E-state index in [-0.39, 0.29) is 0 Å². The van der Waals surface area contributed by atoms with Gasteiger partial charge >= 0.3 is 0 Å². The van der Waals surface area contributed by atoms with Crippen LogP contribution in [0.2, 0.25) is 0 Å². The van der Waals surface area contributed by atoms with Gasteiger partial charge in [-0.2, -0.15) is 5.20 Å².